The molecule has 0 amide bonds. The van der Waals surface area contributed by atoms with Gasteiger partial charge in [0.05, 0.1) is 5.75 Å². The molecule has 0 radical (unpaired) electrons. The minimum Gasteiger partial charge on any atom is -0.226 e. The van der Waals surface area contributed by atoms with E-state index >= 15 is 0 Å². The van der Waals surface area contributed by atoms with Crippen molar-refractivity contribution in [2.24, 2.45) is 17.8 Å². The van der Waals surface area contributed by atoms with E-state index in [1.165, 1.54) is 6.08 Å². The van der Waals surface area contributed by atoms with Gasteiger partial charge < -0.3 is 0 Å². The zero-order chi connectivity index (χ0) is 20.3. The Morgan fingerprint density at radius 1 is 0.808 bits per heavy atom. The van der Waals surface area contributed by atoms with E-state index in [9.17, 15) is 51.6 Å². The second-order valence-electron chi connectivity index (χ2n) is 6.14. The van der Waals surface area contributed by atoms with E-state index in [0.717, 1.165) is 0 Å². The summed E-state index contributed by atoms with van der Waals surface area (Å²) in [5.41, 5.74) is -13.0. The number of hydrogen-bond acceptors (Lipinski definition) is 6. The lowest BCUT2D eigenvalue weighted by Crippen LogP contribution is -2.50. The molecule has 0 aromatic rings. The Hall–Kier alpha value is -0.830. The van der Waals surface area contributed by atoms with Crippen LogP contribution in [0.15, 0.2) is 12.2 Å². The second-order valence-corrected chi connectivity index (χ2v) is 13.2. The number of halogens is 6. The zero-order valence-electron chi connectivity index (χ0n) is 12.5. The van der Waals surface area contributed by atoms with Crippen molar-refractivity contribution < 1.29 is 51.6 Å². The minimum absolute atomic E-state index is 0.102. The molecule has 152 valence electrons. The van der Waals surface area contributed by atoms with E-state index in [-0.39, 0.29) is 12.3 Å². The molecule has 0 N–H and O–H groups in total. The van der Waals surface area contributed by atoms with E-state index in [2.05, 4.69) is 0 Å². The Kier molecular flexibility index (Phi) is 5.03. The topological polar surface area (TPSA) is 102 Å². The molecule has 1 fully saturated rings. The predicted octanol–water partition coefficient (Wildman–Crippen LogP) is 1.77. The van der Waals surface area contributed by atoms with Crippen molar-refractivity contribution in [1.82, 2.24) is 0 Å². The van der Waals surface area contributed by atoms with Crippen molar-refractivity contribution in [1.29, 1.82) is 0 Å². The van der Waals surface area contributed by atoms with Crippen molar-refractivity contribution in [3.05, 3.63) is 12.2 Å². The summed E-state index contributed by atoms with van der Waals surface area (Å²) in [6.07, 6.45) is 3.75. The van der Waals surface area contributed by atoms with Gasteiger partial charge in [0.1, 0.15) is 0 Å². The average molecular weight is 450 g/mol. The van der Waals surface area contributed by atoms with Crippen LogP contribution in [0, 0.1) is 17.8 Å². The van der Waals surface area contributed by atoms with Gasteiger partial charge in [0, 0.05) is 0 Å². The number of alkyl halides is 6. The molecule has 6 nitrogen and oxygen atoms in total. The molecule has 1 saturated carbocycles. The molecule has 2 aliphatic rings. The predicted molar refractivity (Wildman–Crippen MR) is 76.4 cm³/mol. The van der Waals surface area contributed by atoms with Crippen molar-refractivity contribution in [2.75, 3.05) is 5.75 Å². The first kappa shape index (κ1) is 21.5. The number of sulfone groups is 3. The summed E-state index contributed by atoms with van der Waals surface area (Å²) in [5.74, 6) is -2.97. The third-order valence-electron chi connectivity index (χ3n) is 4.31. The van der Waals surface area contributed by atoms with Crippen LogP contribution in [0.1, 0.15) is 12.8 Å². The van der Waals surface area contributed by atoms with Crippen molar-refractivity contribution in [2.45, 2.75) is 27.8 Å². The lowest BCUT2D eigenvalue weighted by atomic mass is 9.96. The van der Waals surface area contributed by atoms with Gasteiger partial charge in [0.25, 0.3) is 23.6 Å². The summed E-state index contributed by atoms with van der Waals surface area (Å²) >= 11 is 0. The monoisotopic (exact) mass is 450 g/mol. The summed E-state index contributed by atoms with van der Waals surface area (Å²) < 4.78 is 142. The average Bonchev–Trinajstić information content (AvgIpc) is 2.95. The largest absolute Gasteiger partial charge is 0.499 e. The number of fused-ring (bicyclic) bond motifs is 2. The van der Waals surface area contributed by atoms with Crippen LogP contribution in [0.25, 0.3) is 0 Å². The van der Waals surface area contributed by atoms with Crippen LogP contribution in [-0.2, 0) is 29.5 Å². The number of allylic oxidation sites excluding steroid dienone is 2. The highest BCUT2D eigenvalue weighted by molar-refractivity contribution is 8.24. The Bertz CT molecular complexity index is 868. The first-order valence-corrected chi connectivity index (χ1v) is 11.7. The molecule has 0 spiro atoms. The first-order chi connectivity index (χ1) is 11.4. The molecular weight excluding hydrogens is 438 g/mol. The fourth-order valence-corrected chi connectivity index (χ4v) is 11.0. The SMILES string of the molecule is O=S(=O)(CC1CC2C=CC1C2)C(S(=O)(=O)C(F)(F)F)S(=O)(=O)C(F)(F)F. The highest BCUT2D eigenvalue weighted by Crippen LogP contribution is 2.46. The molecule has 2 aliphatic carbocycles. The Balaban J connectivity index is 2.56. The maximum absolute atomic E-state index is 12.7. The molecule has 3 atom stereocenters. The normalized spacial score (nSPS) is 27.4. The van der Waals surface area contributed by atoms with Crippen molar-refractivity contribution in [3.8, 4) is 0 Å². The third-order valence-corrected chi connectivity index (χ3v) is 12.9. The summed E-state index contributed by atoms with van der Waals surface area (Å²) in [4.78, 5) is 0. The summed E-state index contributed by atoms with van der Waals surface area (Å²) in [6, 6.07) is 0. The maximum Gasteiger partial charge on any atom is 0.499 e. The van der Waals surface area contributed by atoms with Gasteiger partial charge in [-0.1, -0.05) is 12.2 Å². The molecule has 26 heavy (non-hydrogen) atoms. The Labute approximate surface area is 145 Å². The highest BCUT2D eigenvalue weighted by atomic mass is 32.3. The molecule has 2 rings (SSSR count). The molecule has 0 aromatic carbocycles. The van der Waals surface area contributed by atoms with Crippen molar-refractivity contribution >= 4 is 29.5 Å². The van der Waals surface area contributed by atoms with Gasteiger partial charge in [0.2, 0.25) is 0 Å². The van der Waals surface area contributed by atoms with E-state index in [1.54, 1.807) is 6.08 Å². The van der Waals surface area contributed by atoms with Crippen molar-refractivity contribution in [3.63, 3.8) is 0 Å². The molecular formula is C11H12F6O6S3. The van der Waals surface area contributed by atoms with Crippen LogP contribution in [0.3, 0.4) is 0 Å². The zero-order valence-corrected chi connectivity index (χ0v) is 15.0. The summed E-state index contributed by atoms with van der Waals surface area (Å²) in [6.45, 7) is 0. The Morgan fingerprint density at radius 3 is 1.58 bits per heavy atom. The van der Waals surface area contributed by atoms with Crippen LogP contribution < -0.4 is 0 Å². The van der Waals surface area contributed by atoms with Crippen LogP contribution in [-0.4, -0.2) is 45.9 Å². The fourth-order valence-electron chi connectivity index (χ4n) is 3.23. The number of hydrogen-bond donors (Lipinski definition) is 0. The van der Waals surface area contributed by atoms with Crippen LogP contribution >= 0.6 is 0 Å². The molecule has 15 heteroatoms. The quantitative estimate of drug-likeness (QED) is 0.467. The van der Waals surface area contributed by atoms with E-state index < -0.39 is 62.0 Å². The van der Waals surface area contributed by atoms with Gasteiger partial charge in [-0.15, -0.1) is 0 Å². The Morgan fingerprint density at radius 2 is 1.27 bits per heavy atom. The second kappa shape index (κ2) is 6.09. The van der Waals surface area contributed by atoms with E-state index in [4.69, 9.17) is 0 Å². The smallest absolute Gasteiger partial charge is 0.226 e. The first-order valence-electron chi connectivity index (χ1n) is 6.91. The molecule has 2 bridgehead atoms. The van der Waals surface area contributed by atoms with Gasteiger partial charge in [-0.2, -0.15) is 26.3 Å². The van der Waals surface area contributed by atoms with Gasteiger partial charge in [-0.3, -0.25) is 0 Å². The van der Waals surface area contributed by atoms with Crippen LogP contribution in [0.5, 0.6) is 0 Å². The van der Waals surface area contributed by atoms with E-state index in [0.29, 0.717) is 6.42 Å². The van der Waals surface area contributed by atoms with Gasteiger partial charge in [0.15, 0.2) is 9.84 Å². The summed E-state index contributed by atoms with van der Waals surface area (Å²) in [7, 11) is -20.3. The highest BCUT2D eigenvalue weighted by Gasteiger charge is 2.68. The lowest BCUT2D eigenvalue weighted by Gasteiger charge is -2.24. The lowest BCUT2D eigenvalue weighted by molar-refractivity contribution is -0.0462. The molecule has 0 aromatic heterocycles. The molecule has 0 heterocycles. The maximum atomic E-state index is 12.7. The van der Waals surface area contributed by atoms with Gasteiger partial charge >= 0.3 is 11.0 Å². The van der Waals surface area contributed by atoms with Crippen LogP contribution in [0.2, 0.25) is 0 Å². The van der Waals surface area contributed by atoms with Gasteiger partial charge in [-0.25, -0.2) is 25.3 Å². The number of rotatable bonds is 5. The molecule has 0 saturated heterocycles. The molecule has 3 unspecified atom stereocenters. The standard InChI is InChI=1S/C11H12F6O6S3/c12-10(13,14)25(20,21)9(26(22,23)11(15,16)17)24(18,19)5-8-4-6-1-2-7(8)3-6/h1-2,6-9H,3-5H2. The van der Waals surface area contributed by atoms with Gasteiger partial charge in [-0.05, 0) is 30.6 Å². The van der Waals surface area contributed by atoms with Crippen LogP contribution in [0.4, 0.5) is 26.3 Å². The fraction of sp³-hybridized carbons (Fsp3) is 0.818. The minimum atomic E-state index is -7.21. The summed E-state index contributed by atoms with van der Waals surface area (Å²) in [5, 5.41) is 0. The van der Waals surface area contributed by atoms with E-state index in [1.807, 2.05) is 0 Å². The molecule has 0 aliphatic heterocycles. The third kappa shape index (κ3) is 3.48.